The predicted molar refractivity (Wildman–Crippen MR) is 114 cm³/mol. The van der Waals surface area contributed by atoms with Gasteiger partial charge in [0.05, 0.1) is 22.3 Å². The molecule has 2 rings (SSSR count). The maximum absolute atomic E-state index is 11.0. The lowest BCUT2D eigenvalue weighted by Gasteiger charge is -2.08. The van der Waals surface area contributed by atoms with E-state index in [2.05, 4.69) is 0 Å². The van der Waals surface area contributed by atoms with E-state index in [1.807, 2.05) is 0 Å². The van der Waals surface area contributed by atoms with Crippen LogP contribution in [0.1, 0.15) is 65.4 Å². The Morgan fingerprint density at radius 2 is 1.06 bits per heavy atom. The zero-order chi connectivity index (χ0) is 26.0. The topological polar surface area (TPSA) is 230 Å². The molecule has 0 aliphatic rings. The SMILES string of the molecule is O=C(O)c1ccc(C(=O)O)c(CC(O)O)c1.O=C(O)c1ccc(C(=O)O)c(CCCC(O)O)c1. The number of carbonyl (C=O) groups is 4. The van der Waals surface area contributed by atoms with E-state index in [9.17, 15) is 19.2 Å². The molecule has 0 heterocycles. The molecule has 0 amide bonds. The Hall–Kier alpha value is -3.84. The molecule has 0 bridgehead atoms. The summed E-state index contributed by atoms with van der Waals surface area (Å²) in [4.78, 5) is 43.2. The average molecular weight is 480 g/mol. The summed E-state index contributed by atoms with van der Waals surface area (Å²) in [7, 11) is 0. The van der Waals surface area contributed by atoms with Crippen molar-refractivity contribution < 1.29 is 60.0 Å². The van der Waals surface area contributed by atoms with Gasteiger partial charge in [-0.05, 0) is 66.8 Å². The number of hydrogen-bond acceptors (Lipinski definition) is 8. The summed E-state index contributed by atoms with van der Waals surface area (Å²) in [5.74, 6) is -4.71. The molecule has 0 spiro atoms. The lowest BCUT2D eigenvalue weighted by atomic mass is 9.99. The molecule has 8 N–H and O–H groups in total. The number of aliphatic hydroxyl groups is 4. The molecule has 2 aromatic rings. The molecule has 34 heavy (non-hydrogen) atoms. The molecule has 0 aromatic heterocycles. The maximum atomic E-state index is 11.0. The third kappa shape index (κ3) is 8.96. The van der Waals surface area contributed by atoms with Gasteiger partial charge in [-0.15, -0.1) is 0 Å². The summed E-state index contributed by atoms with van der Waals surface area (Å²) in [6.07, 6.45) is -2.75. The lowest BCUT2D eigenvalue weighted by Crippen LogP contribution is -2.13. The van der Waals surface area contributed by atoms with Crippen molar-refractivity contribution >= 4 is 23.9 Å². The van der Waals surface area contributed by atoms with E-state index in [0.717, 1.165) is 18.2 Å². The third-order valence-corrected chi connectivity index (χ3v) is 4.48. The molecule has 0 radical (unpaired) electrons. The highest BCUT2D eigenvalue weighted by Crippen LogP contribution is 2.16. The van der Waals surface area contributed by atoms with Gasteiger partial charge in [0.1, 0.15) is 0 Å². The van der Waals surface area contributed by atoms with E-state index in [-0.39, 0.29) is 47.1 Å². The van der Waals surface area contributed by atoms with Crippen molar-refractivity contribution in [3.63, 3.8) is 0 Å². The number of aryl methyl sites for hydroxylation is 1. The minimum atomic E-state index is -1.72. The summed E-state index contributed by atoms with van der Waals surface area (Å²) >= 11 is 0. The van der Waals surface area contributed by atoms with Crippen molar-refractivity contribution in [1.82, 2.24) is 0 Å². The zero-order valence-electron chi connectivity index (χ0n) is 17.7. The zero-order valence-corrected chi connectivity index (χ0v) is 17.7. The van der Waals surface area contributed by atoms with Gasteiger partial charge in [0.25, 0.3) is 0 Å². The molecule has 0 unspecified atom stereocenters. The Morgan fingerprint density at radius 1 is 0.618 bits per heavy atom. The molecule has 0 saturated heterocycles. The van der Waals surface area contributed by atoms with Gasteiger partial charge < -0.3 is 40.9 Å². The molecule has 0 fully saturated rings. The van der Waals surface area contributed by atoms with Crippen molar-refractivity contribution in [3.05, 3.63) is 69.8 Å². The van der Waals surface area contributed by atoms with Crippen molar-refractivity contribution in [2.75, 3.05) is 0 Å². The first-order chi connectivity index (χ1) is 15.8. The van der Waals surface area contributed by atoms with Crippen LogP contribution in [-0.4, -0.2) is 77.3 Å². The second-order valence-electron chi connectivity index (χ2n) is 7.02. The third-order valence-electron chi connectivity index (χ3n) is 4.48. The smallest absolute Gasteiger partial charge is 0.335 e. The van der Waals surface area contributed by atoms with Crippen molar-refractivity contribution in [2.24, 2.45) is 0 Å². The largest absolute Gasteiger partial charge is 0.478 e. The standard InChI is InChI=1S/C12H14O6.C10H10O6/c13-10(14)3-1-2-7-6-8(11(15)16)4-5-9(7)12(17)18;11-8(12)4-6-3-5(9(13)14)1-2-7(6)10(15)16/h4-6,10,13-14H,1-3H2,(H,15,16)(H,17,18);1-3,8,11-12H,4H2,(H,13,14)(H,15,16). The first-order valence-corrected chi connectivity index (χ1v) is 9.74. The molecule has 0 atom stereocenters. The first-order valence-electron chi connectivity index (χ1n) is 9.74. The fourth-order valence-electron chi connectivity index (χ4n) is 2.92. The molecule has 0 aliphatic carbocycles. The van der Waals surface area contributed by atoms with Gasteiger partial charge in [-0.3, -0.25) is 0 Å². The molecule has 12 heteroatoms. The highest BCUT2D eigenvalue weighted by atomic mass is 16.5. The highest BCUT2D eigenvalue weighted by Gasteiger charge is 2.15. The first kappa shape index (κ1) is 28.2. The molecule has 184 valence electrons. The van der Waals surface area contributed by atoms with E-state index in [4.69, 9.17) is 40.9 Å². The van der Waals surface area contributed by atoms with Gasteiger partial charge in [0.2, 0.25) is 0 Å². The van der Waals surface area contributed by atoms with E-state index in [0.29, 0.717) is 12.0 Å². The Morgan fingerprint density at radius 3 is 1.44 bits per heavy atom. The van der Waals surface area contributed by atoms with Crippen LogP contribution in [-0.2, 0) is 12.8 Å². The van der Waals surface area contributed by atoms with Crippen LogP contribution < -0.4 is 0 Å². The van der Waals surface area contributed by atoms with E-state index < -0.39 is 36.5 Å². The Balaban J connectivity index is 0.000000342. The summed E-state index contributed by atoms with van der Waals surface area (Å²) < 4.78 is 0. The van der Waals surface area contributed by atoms with Crippen LogP contribution in [0.5, 0.6) is 0 Å². The van der Waals surface area contributed by atoms with Crippen LogP contribution in [0.3, 0.4) is 0 Å². The van der Waals surface area contributed by atoms with Gasteiger partial charge in [0, 0.05) is 6.42 Å². The van der Waals surface area contributed by atoms with Gasteiger partial charge in [-0.2, -0.15) is 0 Å². The number of hydrogen-bond donors (Lipinski definition) is 8. The minimum absolute atomic E-state index is 0.0135. The van der Waals surface area contributed by atoms with Crippen LogP contribution in [0, 0.1) is 0 Å². The molecular weight excluding hydrogens is 456 g/mol. The number of rotatable bonds is 10. The van der Waals surface area contributed by atoms with Crippen LogP contribution >= 0.6 is 0 Å². The van der Waals surface area contributed by atoms with Crippen LogP contribution in [0.25, 0.3) is 0 Å². The second-order valence-corrected chi connectivity index (χ2v) is 7.02. The fraction of sp³-hybridized carbons (Fsp3) is 0.273. The normalized spacial score (nSPS) is 10.5. The predicted octanol–water partition coefficient (Wildman–Crippen LogP) is 0.653. The monoisotopic (exact) mass is 480 g/mol. The number of carboxylic acid groups (broad SMARTS) is 4. The molecule has 12 nitrogen and oxygen atoms in total. The number of benzene rings is 2. The van der Waals surface area contributed by atoms with Gasteiger partial charge in [0.15, 0.2) is 12.6 Å². The molecule has 2 aromatic carbocycles. The summed E-state index contributed by atoms with van der Waals surface area (Å²) in [5, 5.41) is 70.2. The number of aliphatic hydroxyl groups excluding tert-OH is 2. The average Bonchev–Trinajstić information content (AvgIpc) is 2.72. The maximum Gasteiger partial charge on any atom is 0.335 e. The van der Waals surface area contributed by atoms with E-state index >= 15 is 0 Å². The highest BCUT2D eigenvalue weighted by molar-refractivity contribution is 5.94. The Kier molecular flexibility index (Phi) is 10.8. The van der Waals surface area contributed by atoms with Gasteiger partial charge in [-0.25, -0.2) is 19.2 Å². The van der Waals surface area contributed by atoms with E-state index in [1.165, 1.54) is 18.2 Å². The second kappa shape index (κ2) is 13.0. The Labute approximate surface area is 192 Å². The summed E-state index contributed by atoms with van der Waals surface area (Å²) in [5.41, 5.74) is 0.260. The van der Waals surface area contributed by atoms with Crippen LogP contribution in [0.4, 0.5) is 0 Å². The molecule has 0 saturated carbocycles. The summed E-state index contributed by atoms with van der Waals surface area (Å²) in [6, 6.07) is 7.18. The van der Waals surface area contributed by atoms with Crippen molar-refractivity contribution in [3.8, 4) is 0 Å². The van der Waals surface area contributed by atoms with Gasteiger partial charge >= 0.3 is 23.9 Å². The quantitative estimate of drug-likeness (QED) is 0.219. The lowest BCUT2D eigenvalue weighted by molar-refractivity contribution is -0.0462. The number of aromatic carboxylic acids is 4. The molecular formula is C22H24O12. The summed E-state index contributed by atoms with van der Waals surface area (Å²) in [6.45, 7) is 0. The fourth-order valence-corrected chi connectivity index (χ4v) is 2.92. The minimum Gasteiger partial charge on any atom is -0.478 e. The Bertz CT molecular complexity index is 1040. The van der Waals surface area contributed by atoms with Crippen molar-refractivity contribution in [1.29, 1.82) is 0 Å². The van der Waals surface area contributed by atoms with Gasteiger partial charge in [-0.1, -0.05) is 0 Å². The number of carboxylic acids is 4. The van der Waals surface area contributed by atoms with E-state index in [1.54, 1.807) is 0 Å². The molecule has 0 aliphatic heterocycles. The van der Waals surface area contributed by atoms with Crippen LogP contribution in [0.2, 0.25) is 0 Å². The van der Waals surface area contributed by atoms with Crippen LogP contribution in [0.15, 0.2) is 36.4 Å². The van der Waals surface area contributed by atoms with Crippen molar-refractivity contribution in [2.45, 2.75) is 38.3 Å².